The van der Waals surface area contributed by atoms with Gasteiger partial charge in [0, 0.05) is 24.9 Å². The van der Waals surface area contributed by atoms with E-state index in [0.29, 0.717) is 18.7 Å². The van der Waals surface area contributed by atoms with E-state index in [9.17, 15) is 14.4 Å². The number of amides is 1. The summed E-state index contributed by atoms with van der Waals surface area (Å²) in [5.74, 6) is -0.312. The molecule has 1 aliphatic heterocycles. The number of nitrogens with one attached hydrogen (secondary N) is 1. The van der Waals surface area contributed by atoms with E-state index in [1.165, 1.54) is 11.8 Å². The second kappa shape index (κ2) is 5.60. The first kappa shape index (κ1) is 13.9. The van der Waals surface area contributed by atoms with E-state index in [2.05, 4.69) is 15.0 Å². The monoisotopic (exact) mass is 286 g/mol. The van der Waals surface area contributed by atoms with Crippen LogP contribution in [0.4, 0.5) is 4.79 Å². The van der Waals surface area contributed by atoms with Crippen LogP contribution in [0.25, 0.3) is 0 Å². The zero-order chi connectivity index (χ0) is 13.9. The van der Waals surface area contributed by atoms with E-state index in [-0.39, 0.29) is 11.0 Å². The van der Waals surface area contributed by atoms with Crippen molar-refractivity contribution in [3.05, 3.63) is 0 Å². The Morgan fingerprint density at radius 2 is 2.37 bits per heavy atom. The van der Waals surface area contributed by atoms with Crippen molar-refractivity contribution in [3.8, 4) is 0 Å². The molecule has 104 valence electrons. The van der Waals surface area contributed by atoms with Gasteiger partial charge in [0.1, 0.15) is 0 Å². The van der Waals surface area contributed by atoms with Crippen LogP contribution >= 0.6 is 11.8 Å². The number of carbonyl (C=O) groups is 3. The Balaban J connectivity index is 1.89. The lowest BCUT2D eigenvalue weighted by Gasteiger charge is -2.43. The van der Waals surface area contributed by atoms with Gasteiger partial charge in [-0.15, -0.1) is 11.8 Å². The van der Waals surface area contributed by atoms with Gasteiger partial charge in [0.05, 0.1) is 5.25 Å². The molecule has 19 heavy (non-hydrogen) atoms. The molecule has 2 atom stereocenters. The van der Waals surface area contributed by atoms with Crippen molar-refractivity contribution in [2.75, 3.05) is 19.1 Å². The molecule has 0 aromatic heterocycles. The highest BCUT2D eigenvalue weighted by Gasteiger charge is 2.62. The minimum absolute atomic E-state index is 0.165. The Labute approximate surface area is 114 Å². The highest BCUT2D eigenvalue weighted by Crippen LogP contribution is 2.44. The Morgan fingerprint density at radius 1 is 1.58 bits per heavy atom. The number of nitrogens with zero attached hydrogens (tertiary/aromatic N) is 1. The molecule has 0 saturated heterocycles. The van der Waals surface area contributed by atoms with Gasteiger partial charge in [-0.3, -0.25) is 9.79 Å². The fraction of sp³-hybridized carbons (Fsp3) is 0.636. The minimum Gasteiger partial charge on any atom is -0.426 e. The van der Waals surface area contributed by atoms with E-state index < -0.39 is 24.4 Å². The maximum absolute atomic E-state index is 11.9. The van der Waals surface area contributed by atoms with Crippen molar-refractivity contribution < 1.29 is 23.9 Å². The first-order chi connectivity index (χ1) is 9.11. The summed E-state index contributed by atoms with van der Waals surface area (Å²) in [6, 6.07) is 0. The molecule has 1 aliphatic carbocycles. The number of aliphatic imine (C=N–C) groups is 1. The third kappa shape index (κ3) is 2.44. The van der Waals surface area contributed by atoms with Crippen molar-refractivity contribution in [1.82, 2.24) is 5.32 Å². The van der Waals surface area contributed by atoms with Gasteiger partial charge >= 0.3 is 12.1 Å². The van der Waals surface area contributed by atoms with Gasteiger partial charge in [0.15, 0.2) is 5.78 Å². The van der Waals surface area contributed by atoms with Crippen LogP contribution in [0.15, 0.2) is 4.99 Å². The van der Waals surface area contributed by atoms with Gasteiger partial charge in [-0.25, -0.2) is 9.59 Å². The number of rotatable bonds is 4. The minimum atomic E-state index is -1.41. The average Bonchev–Trinajstić information content (AvgIpc) is 2.37. The molecule has 1 saturated carbocycles. The number of thioether (sulfide) groups is 1. The molecule has 2 rings (SSSR count). The summed E-state index contributed by atoms with van der Waals surface area (Å²) in [5.41, 5.74) is -1.41. The number of Topliss-reactive ketones (excluding diaryl/α,β-unsaturated/α-hetero) is 1. The summed E-state index contributed by atoms with van der Waals surface area (Å²) in [4.78, 5) is 38.6. The third-order valence-corrected chi connectivity index (χ3v) is 4.19. The highest BCUT2D eigenvalue weighted by atomic mass is 32.2. The van der Waals surface area contributed by atoms with Crippen LogP contribution in [0.5, 0.6) is 0 Å². The SMILES string of the molecule is CCNC(=O)OCOC(=O)C12N=CCSC1CC2=O. The number of hydrogen-bond donors (Lipinski definition) is 1. The maximum atomic E-state index is 11.9. The quantitative estimate of drug-likeness (QED) is 0.448. The molecule has 1 heterocycles. The molecule has 1 fully saturated rings. The number of ketones is 1. The lowest BCUT2D eigenvalue weighted by Crippen LogP contribution is -2.64. The average molecular weight is 286 g/mol. The highest BCUT2D eigenvalue weighted by molar-refractivity contribution is 8.00. The van der Waals surface area contributed by atoms with Crippen LogP contribution in [0.3, 0.4) is 0 Å². The van der Waals surface area contributed by atoms with Gasteiger partial charge in [-0.1, -0.05) is 0 Å². The maximum Gasteiger partial charge on any atom is 0.410 e. The van der Waals surface area contributed by atoms with E-state index in [1.54, 1.807) is 13.1 Å². The van der Waals surface area contributed by atoms with Crippen molar-refractivity contribution in [3.63, 3.8) is 0 Å². The molecule has 1 N–H and O–H groups in total. The summed E-state index contributed by atoms with van der Waals surface area (Å²) in [6.07, 6.45) is 1.20. The summed E-state index contributed by atoms with van der Waals surface area (Å²) in [6.45, 7) is 1.63. The van der Waals surface area contributed by atoms with Gasteiger partial charge in [0.25, 0.3) is 0 Å². The standard InChI is InChI=1S/C11H14N2O5S/c1-2-12-10(16)18-6-17-9(15)11-7(14)5-8(11)19-4-3-13-11/h3,8H,2,4-6H2,1H3,(H,12,16). The molecule has 0 bridgehead atoms. The molecule has 2 aliphatic rings. The summed E-state index contributed by atoms with van der Waals surface area (Å²) in [5, 5.41) is 2.22. The Hall–Kier alpha value is -1.57. The van der Waals surface area contributed by atoms with Gasteiger partial charge in [-0.2, -0.15) is 0 Å². The van der Waals surface area contributed by atoms with E-state index in [4.69, 9.17) is 4.74 Å². The fourth-order valence-electron chi connectivity index (χ4n) is 1.94. The topological polar surface area (TPSA) is 94.1 Å². The Bertz CT molecular complexity index is 439. The van der Waals surface area contributed by atoms with Crippen LogP contribution in [0.1, 0.15) is 13.3 Å². The molecule has 0 aromatic carbocycles. The molecule has 1 amide bonds. The van der Waals surface area contributed by atoms with E-state index in [0.717, 1.165) is 0 Å². The van der Waals surface area contributed by atoms with Crippen molar-refractivity contribution in [2.45, 2.75) is 24.1 Å². The van der Waals surface area contributed by atoms with Crippen LogP contribution in [0.2, 0.25) is 0 Å². The third-order valence-electron chi connectivity index (χ3n) is 2.94. The number of alkyl carbamates (subject to hydrolysis) is 1. The van der Waals surface area contributed by atoms with Gasteiger partial charge in [-0.05, 0) is 6.92 Å². The molecular formula is C11H14N2O5S. The van der Waals surface area contributed by atoms with Crippen molar-refractivity contribution in [1.29, 1.82) is 0 Å². The fourth-order valence-corrected chi connectivity index (χ4v) is 3.13. The smallest absolute Gasteiger partial charge is 0.410 e. The molecule has 0 radical (unpaired) electrons. The van der Waals surface area contributed by atoms with E-state index >= 15 is 0 Å². The van der Waals surface area contributed by atoms with Crippen LogP contribution in [-0.4, -0.2) is 53.9 Å². The van der Waals surface area contributed by atoms with Crippen molar-refractivity contribution in [2.24, 2.45) is 4.99 Å². The van der Waals surface area contributed by atoms with Gasteiger partial charge in [0.2, 0.25) is 12.3 Å². The Morgan fingerprint density at radius 3 is 3.00 bits per heavy atom. The van der Waals surface area contributed by atoms with Crippen LogP contribution in [0, 0.1) is 0 Å². The summed E-state index contributed by atoms with van der Waals surface area (Å²) < 4.78 is 9.44. The summed E-state index contributed by atoms with van der Waals surface area (Å²) in [7, 11) is 0. The van der Waals surface area contributed by atoms with Crippen LogP contribution < -0.4 is 5.32 Å². The molecule has 0 aromatic rings. The largest absolute Gasteiger partial charge is 0.426 e. The first-order valence-electron chi connectivity index (χ1n) is 5.87. The number of esters is 1. The second-order valence-corrected chi connectivity index (χ2v) is 5.27. The first-order valence-corrected chi connectivity index (χ1v) is 6.92. The summed E-state index contributed by atoms with van der Waals surface area (Å²) >= 11 is 1.50. The van der Waals surface area contributed by atoms with Gasteiger partial charge < -0.3 is 14.8 Å². The Kier molecular flexibility index (Phi) is 4.08. The second-order valence-electron chi connectivity index (χ2n) is 4.04. The molecule has 8 heteroatoms. The molecule has 7 nitrogen and oxygen atoms in total. The lowest BCUT2D eigenvalue weighted by molar-refractivity contribution is -0.164. The zero-order valence-electron chi connectivity index (χ0n) is 10.4. The predicted octanol–water partition coefficient (Wildman–Crippen LogP) is 0.131. The molecular weight excluding hydrogens is 272 g/mol. The predicted molar refractivity (Wildman–Crippen MR) is 68.2 cm³/mol. The lowest BCUT2D eigenvalue weighted by atomic mass is 9.75. The number of fused-ring (bicyclic) bond motifs is 1. The number of hydrogen-bond acceptors (Lipinski definition) is 7. The zero-order valence-corrected chi connectivity index (χ0v) is 11.2. The number of ether oxygens (including phenoxy) is 2. The van der Waals surface area contributed by atoms with Crippen LogP contribution in [-0.2, 0) is 19.1 Å². The normalized spacial score (nSPS) is 28.1. The van der Waals surface area contributed by atoms with Crippen molar-refractivity contribution >= 4 is 35.8 Å². The molecule has 0 spiro atoms. The molecule has 2 unspecified atom stereocenters. The number of carbonyl (C=O) groups excluding carboxylic acids is 3. The van der Waals surface area contributed by atoms with E-state index in [1.807, 2.05) is 0 Å².